The molecule has 2 aromatic rings. The standard InChI is InChI=1S/C20H22F3NO4S/c1-3-12-29(27,28)17-10-4-14(5-11-17)13-18(25)24-16-8-6-15(7-9-16)19(2,26)20(21,22)23/h4-11,26H,3,12-13H2,1-2H3,(H,24,25). The van der Waals surface area contributed by atoms with Crippen molar-refractivity contribution in [2.45, 2.75) is 43.4 Å². The number of hydrogen-bond acceptors (Lipinski definition) is 4. The second-order valence-electron chi connectivity index (χ2n) is 6.84. The molecule has 0 heterocycles. The maximum atomic E-state index is 12.9. The summed E-state index contributed by atoms with van der Waals surface area (Å²) >= 11 is 0. The predicted octanol–water partition coefficient (Wildman–Crippen LogP) is 3.82. The second-order valence-corrected chi connectivity index (χ2v) is 8.94. The van der Waals surface area contributed by atoms with Crippen molar-refractivity contribution in [1.82, 2.24) is 0 Å². The number of nitrogens with one attached hydrogen (secondary N) is 1. The van der Waals surface area contributed by atoms with Crippen LogP contribution >= 0.6 is 0 Å². The number of alkyl halides is 3. The molecule has 9 heteroatoms. The van der Waals surface area contributed by atoms with Crippen LogP contribution in [0.1, 0.15) is 31.4 Å². The summed E-state index contributed by atoms with van der Waals surface area (Å²) in [7, 11) is -3.33. The molecule has 158 valence electrons. The van der Waals surface area contributed by atoms with E-state index in [-0.39, 0.29) is 28.3 Å². The van der Waals surface area contributed by atoms with Crippen LogP contribution in [0.3, 0.4) is 0 Å². The van der Waals surface area contributed by atoms with Crippen molar-refractivity contribution in [3.63, 3.8) is 0 Å². The van der Waals surface area contributed by atoms with Gasteiger partial charge in [-0.25, -0.2) is 8.42 Å². The van der Waals surface area contributed by atoms with Crippen LogP contribution in [0.4, 0.5) is 18.9 Å². The Morgan fingerprint density at radius 3 is 2.07 bits per heavy atom. The molecule has 5 nitrogen and oxygen atoms in total. The molecule has 0 radical (unpaired) electrons. The van der Waals surface area contributed by atoms with Gasteiger partial charge in [-0.15, -0.1) is 0 Å². The SMILES string of the molecule is CCCS(=O)(=O)c1ccc(CC(=O)Nc2ccc(C(C)(O)C(F)(F)F)cc2)cc1. The van der Waals surface area contributed by atoms with Crippen LogP contribution in [0.2, 0.25) is 0 Å². The molecular weight excluding hydrogens is 407 g/mol. The van der Waals surface area contributed by atoms with Crippen molar-refractivity contribution in [2.75, 3.05) is 11.1 Å². The van der Waals surface area contributed by atoms with Crippen LogP contribution in [0.5, 0.6) is 0 Å². The van der Waals surface area contributed by atoms with Gasteiger partial charge in [0, 0.05) is 5.69 Å². The van der Waals surface area contributed by atoms with Gasteiger partial charge in [-0.05, 0) is 48.7 Å². The van der Waals surface area contributed by atoms with E-state index >= 15 is 0 Å². The average Bonchev–Trinajstić information content (AvgIpc) is 2.61. The first-order chi connectivity index (χ1) is 13.4. The first-order valence-electron chi connectivity index (χ1n) is 8.88. The van der Waals surface area contributed by atoms with Crippen LogP contribution in [-0.2, 0) is 26.7 Å². The molecule has 0 aliphatic heterocycles. The fourth-order valence-electron chi connectivity index (χ4n) is 2.63. The number of amides is 1. The molecule has 1 amide bonds. The molecule has 0 aromatic heterocycles. The smallest absolute Gasteiger partial charge is 0.376 e. The fourth-order valence-corrected chi connectivity index (χ4v) is 3.96. The summed E-state index contributed by atoms with van der Waals surface area (Å²) in [6.45, 7) is 2.43. The summed E-state index contributed by atoms with van der Waals surface area (Å²) in [6.07, 6.45) is -4.35. The minimum atomic E-state index is -4.82. The lowest BCUT2D eigenvalue weighted by molar-refractivity contribution is -0.258. The van der Waals surface area contributed by atoms with E-state index < -0.39 is 27.5 Å². The predicted molar refractivity (Wildman–Crippen MR) is 103 cm³/mol. The lowest BCUT2D eigenvalue weighted by Crippen LogP contribution is -2.39. The third kappa shape index (κ3) is 5.57. The average molecular weight is 429 g/mol. The third-order valence-corrected chi connectivity index (χ3v) is 6.34. The molecule has 2 rings (SSSR count). The molecule has 0 aliphatic rings. The molecule has 1 unspecified atom stereocenters. The maximum absolute atomic E-state index is 12.9. The zero-order valence-electron chi connectivity index (χ0n) is 16.0. The molecule has 0 saturated carbocycles. The third-order valence-electron chi connectivity index (χ3n) is 4.40. The lowest BCUT2D eigenvalue weighted by Gasteiger charge is -2.26. The Labute approximate surface area is 167 Å². The van der Waals surface area contributed by atoms with E-state index in [1.54, 1.807) is 19.1 Å². The van der Waals surface area contributed by atoms with Gasteiger partial charge < -0.3 is 10.4 Å². The molecule has 0 bridgehead atoms. The maximum Gasteiger partial charge on any atom is 0.421 e. The summed E-state index contributed by atoms with van der Waals surface area (Å²) in [5.41, 5.74) is -2.46. The topological polar surface area (TPSA) is 83.5 Å². The van der Waals surface area contributed by atoms with Gasteiger partial charge in [0.2, 0.25) is 5.91 Å². The van der Waals surface area contributed by atoms with Gasteiger partial charge >= 0.3 is 6.18 Å². The number of aliphatic hydroxyl groups is 1. The summed E-state index contributed by atoms with van der Waals surface area (Å²) in [4.78, 5) is 12.3. The number of anilines is 1. The van der Waals surface area contributed by atoms with Crippen molar-refractivity contribution in [3.05, 3.63) is 59.7 Å². The fraction of sp³-hybridized carbons (Fsp3) is 0.350. The van der Waals surface area contributed by atoms with Gasteiger partial charge in [0.15, 0.2) is 15.4 Å². The summed E-state index contributed by atoms with van der Waals surface area (Å²) in [5.74, 6) is -0.367. The van der Waals surface area contributed by atoms with Crippen molar-refractivity contribution < 1.29 is 31.5 Å². The Hall–Kier alpha value is -2.39. The highest BCUT2D eigenvalue weighted by molar-refractivity contribution is 7.91. The molecule has 0 spiro atoms. The first-order valence-corrected chi connectivity index (χ1v) is 10.5. The highest BCUT2D eigenvalue weighted by Crippen LogP contribution is 2.38. The van der Waals surface area contributed by atoms with Gasteiger partial charge in [-0.3, -0.25) is 4.79 Å². The number of rotatable bonds is 7. The zero-order chi connectivity index (χ0) is 21.9. The van der Waals surface area contributed by atoms with Gasteiger partial charge in [0.05, 0.1) is 17.1 Å². The molecule has 0 fully saturated rings. The number of sulfone groups is 1. The van der Waals surface area contributed by atoms with Crippen LogP contribution in [-0.4, -0.2) is 31.4 Å². The van der Waals surface area contributed by atoms with Gasteiger partial charge in [-0.2, -0.15) is 13.2 Å². The minimum Gasteiger partial charge on any atom is -0.376 e. The van der Waals surface area contributed by atoms with Crippen LogP contribution in [0.25, 0.3) is 0 Å². The summed E-state index contributed by atoms with van der Waals surface area (Å²) in [5, 5.41) is 12.2. The number of halogens is 3. The van der Waals surface area contributed by atoms with Crippen LogP contribution in [0, 0.1) is 0 Å². The minimum absolute atomic E-state index is 0.0316. The molecular formula is C20H22F3NO4S. The number of carbonyl (C=O) groups is 1. The lowest BCUT2D eigenvalue weighted by atomic mass is 9.95. The van der Waals surface area contributed by atoms with Crippen LogP contribution < -0.4 is 5.32 Å². The molecule has 29 heavy (non-hydrogen) atoms. The quantitative estimate of drug-likeness (QED) is 0.701. The molecule has 1 atom stereocenters. The summed E-state index contributed by atoms with van der Waals surface area (Å²) in [6, 6.07) is 10.7. The molecule has 2 N–H and O–H groups in total. The largest absolute Gasteiger partial charge is 0.421 e. The van der Waals surface area contributed by atoms with E-state index in [4.69, 9.17) is 0 Å². The van der Waals surface area contributed by atoms with Gasteiger partial charge in [0.25, 0.3) is 0 Å². The van der Waals surface area contributed by atoms with E-state index in [9.17, 15) is 31.5 Å². The number of benzene rings is 2. The Morgan fingerprint density at radius 1 is 1.03 bits per heavy atom. The van der Waals surface area contributed by atoms with Gasteiger partial charge in [-0.1, -0.05) is 31.2 Å². The van der Waals surface area contributed by atoms with Crippen molar-refractivity contribution >= 4 is 21.4 Å². The Kier molecular flexibility index (Phi) is 6.74. The molecule has 0 saturated heterocycles. The molecule has 2 aromatic carbocycles. The Balaban J connectivity index is 2.03. The number of hydrogen-bond donors (Lipinski definition) is 2. The van der Waals surface area contributed by atoms with E-state index in [2.05, 4.69) is 5.32 Å². The van der Waals surface area contributed by atoms with E-state index in [1.165, 1.54) is 24.3 Å². The van der Waals surface area contributed by atoms with E-state index in [1.807, 2.05) is 0 Å². The van der Waals surface area contributed by atoms with Crippen molar-refractivity contribution in [3.8, 4) is 0 Å². The van der Waals surface area contributed by atoms with Crippen molar-refractivity contribution in [2.24, 2.45) is 0 Å². The van der Waals surface area contributed by atoms with E-state index in [0.29, 0.717) is 18.9 Å². The summed E-state index contributed by atoms with van der Waals surface area (Å²) < 4.78 is 62.6. The normalized spacial score (nSPS) is 14.3. The monoisotopic (exact) mass is 429 g/mol. The number of carbonyl (C=O) groups excluding carboxylic acids is 1. The Morgan fingerprint density at radius 2 is 1.59 bits per heavy atom. The zero-order valence-corrected chi connectivity index (χ0v) is 16.8. The highest BCUT2D eigenvalue weighted by atomic mass is 32.2. The van der Waals surface area contributed by atoms with Crippen molar-refractivity contribution in [1.29, 1.82) is 0 Å². The highest BCUT2D eigenvalue weighted by Gasteiger charge is 2.51. The van der Waals surface area contributed by atoms with E-state index in [0.717, 1.165) is 12.1 Å². The molecule has 0 aliphatic carbocycles. The van der Waals surface area contributed by atoms with Crippen LogP contribution in [0.15, 0.2) is 53.4 Å². The Bertz CT molecular complexity index is 951. The van der Waals surface area contributed by atoms with Gasteiger partial charge in [0.1, 0.15) is 0 Å². The first kappa shape index (κ1) is 22.9. The second kappa shape index (κ2) is 8.54.